The standard InChI is InChI=1S/C25H26N2O3/c1-25(2,3)20-11-9-19(10-12-20)24(28)17-23(18-7-5-4-6-8-18)26-21-13-15-22(16-14-21)27(29)30/h4-16,23,26H,17H2,1-3H3. The molecule has 1 N–H and O–H groups in total. The molecule has 0 spiro atoms. The first-order valence-corrected chi connectivity index (χ1v) is 9.94. The molecule has 0 saturated heterocycles. The highest BCUT2D eigenvalue weighted by Crippen LogP contribution is 2.27. The minimum absolute atomic E-state index is 0.0334. The van der Waals surface area contributed by atoms with Gasteiger partial charge in [-0.2, -0.15) is 0 Å². The van der Waals surface area contributed by atoms with Crippen LogP contribution in [-0.2, 0) is 5.41 Å². The fourth-order valence-corrected chi connectivity index (χ4v) is 3.28. The Kier molecular flexibility index (Phi) is 6.31. The summed E-state index contributed by atoms with van der Waals surface area (Å²) in [7, 11) is 0. The number of carbonyl (C=O) groups excluding carboxylic acids is 1. The molecule has 5 nitrogen and oxygen atoms in total. The van der Waals surface area contributed by atoms with Crippen molar-refractivity contribution in [1.29, 1.82) is 0 Å². The lowest BCUT2D eigenvalue weighted by atomic mass is 9.86. The SMILES string of the molecule is CC(C)(C)c1ccc(C(=O)CC(Nc2ccc([N+](=O)[O-])cc2)c2ccccc2)cc1. The molecule has 1 atom stereocenters. The van der Waals surface area contributed by atoms with Crippen molar-refractivity contribution in [2.75, 3.05) is 5.32 Å². The highest BCUT2D eigenvalue weighted by atomic mass is 16.6. The number of nitrogens with zero attached hydrogens (tertiary/aromatic N) is 1. The van der Waals surface area contributed by atoms with E-state index in [-0.39, 0.29) is 29.3 Å². The van der Waals surface area contributed by atoms with Gasteiger partial charge in [-0.1, -0.05) is 75.4 Å². The van der Waals surface area contributed by atoms with Gasteiger partial charge in [-0.05, 0) is 28.7 Å². The van der Waals surface area contributed by atoms with E-state index in [1.165, 1.54) is 17.7 Å². The van der Waals surface area contributed by atoms with Crippen LogP contribution in [0.1, 0.15) is 54.7 Å². The Bertz CT molecular complexity index is 1010. The predicted molar refractivity (Wildman–Crippen MR) is 120 cm³/mol. The molecule has 0 aliphatic carbocycles. The van der Waals surface area contributed by atoms with Gasteiger partial charge in [0.2, 0.25) is 0 Å². The molecule has 0 heterocycles. The zero-order valence-corrected chi connectivity index (χ0v) is 17.5. The Labute approximate surface area is 176 Å². The summed E-state index contributed by atoms with van der Waals surface area (Å²) in [4.78, 5) is 23.5. The summed E-state index contributed by atoms with van der Waals surface area (Å²) in [6.07, 6.45) is 0.274. The molecule has 0 saturated carbocycles. The van der Waals surface area contributed by atoms with Gasteiger partial charge in [0, 0.05) is 29.8 Å². The van der Waals surface area contributed by atoms with Crippen LogP contribution in [0.3, 0.4) is 0 Å². The van der Waals surface area contributed by atoms with Gasteiger partial charge < -0.3 is 5.32 Å². The monoisotopic (exact) mass is 402 g/mol. The highest BCUT2D eigenvalue weighted by Gasteiger charge is 2.19. The number of nitro benzene ring substituents is 1. The maximum absolute atomic E-state index is 13.0. The number of carbonyl (C=O) groups is 1. The minimum Gasteiger partial charge on any atom is -0.378 e. The summed E-state index contributed by atoms with van der Waals surface area (Å²) >= 11 is 0. The molecule has 3 aromatic rings. The molecule has 5 heteroatoms. The number of ketones is 1. The molecular weight excluding hydrogens is 376 g/mol. The van der Waals surface area contributed by atoms with Gasteiger partial charge in [-0.15, -0.1) is 0 Å². The molecule has 30 heavy (non-hydrogen) atoms. The predicted octanol–water partition coefficient (Wildman–Crippen LogP) is 6.32. The van der Waals surface area contributed by atoms with Crippen LogP contribution in [0.25, 0.3) is 0 Å². The van der Waals surface area contributed by atoms with Crippen molar-refractivity contribution in [2.24, 2.45) is 0 Å². The summed E-state index contributed by atoms with van der Waals surface area (Å²) in [5, 5.41) is 14.2. The molecular formula is C25H26N2O3. The Hall–Kier alpha value is -3.47. The molecule has 0 aromatic heterocycles. The van der Waals surface area contributed by atoms with Crippen molar-refractivity contribution in [2.45, 2.75) is 38.6 Å². The van der Waals surface area contributed by atoms with Crippen LogP contribution in [-0.4, -0.2) is 10.7 Å². The number of hydrogen-bond donors (Lipinski definition) is 1. The van der Waals surface area contributed by atoms with Crippen LogP contribution >= 0.6 is 0 Å². The van der Waals surface area contributed by atoms with Crippen LogP contribution in [0.2, 0.25) is 0 Å². The Morgan fingerprint density at radius 1 is 0.933 bits per heavy atom. The second kappa shape index (κ2) is 8.91. The van der Waals surface area contributed by atoms with Gasteiger partial charge in [0.15, 0.2) is 5.78 Å². The summed E-state index contributed by atoms with van der Waals surface area (Å²) in [5.74, 6) is 0.0405. The molecule has 0 aliphatic rings. The third-order valence-electron chi connectivity index (χ3n) is 5.08. The van der Waals surface area contributed by atoms with E-state index in [0.29, 0.717) is 5.56 Å². The van der Waals surface area contributed by atoms with Crippen molar-refractivity contribution < 1.29 is 9.72 Å². The number of non-ortho nitro benzene ring substituents is 1. The number of benzene rings is 3. The van der Waals surface area contributed by atoms with Crippen molar-refractivity contribution in [1.82, 2.24) is 0 Å². The van der Waals surface area contributed by atoms with Crippen LogP contribution in [0.15, 0.2) is 78.9 Å². The lowest BCUT2D eigenvalue weighted by molar-refractivity contribution is -0.384. The number of anilines is 1. The van der Waals surface area contributed by atoms with Gasteiger partial charge in [-0.3, -0.25) is 14.9 Å². The molecule has 0 radical (unpaired) electrons. The van der Waals surface area contributed by atoms with Crippen molar-refractivity contribution in [3.63, 3.8) is 0 Å². The Morgan fingerprint density at radius 2 is 1.53 bits per heavy atom. The third-order valence-corrected chi connectivity index (χ3v) is 5.08. The van der Waals surface area contributed by atoms with Gasteiger partial charge >= 0.3 is 0 Å². The van der Waals surface area contributed by atoms with Crippen LogP contribution in [0.4, 0.5) is 11.4 Å². The number of nitrogens with one attached hydrogen (secondary N) is 1. The molecule has 0 bridgehead atoms. The lowest BCUT2D eigenvalue weighted by Crippen LogP contribution is -2.16. The lowest BCUT2D eigenvalue weighted by Gasteiger charge is -2.21. The fraction of sp³-hybridized carbons (Fsp3) is 0.240. The zero-order valence-electron chi connectivity index (χ0n) is 17.5. The molecule has 0 aliphatic heterocycles. The second-order valence-electron chi connectivity index (χ2n) is 8.37. The second-order valence-corrected chi connectivity index (χ2v) is 8.37. The number of Topliss-reactive ketones (excluding diaryl/α,β-unsaturated/α-hetero) is 1. The smallest absolute Gasteiger partial charge is 0.269 e. The Morgan fingerprint density at radius 3 is 2.07 bits per heavy atom. The van der Waals surface area contributed by atoms with Crippen molar-refractivity contribution in [3.05, 3.63) is 106 Å². The fourth-order valence-electron chi connectivity index (χ4n) is 3.28. The van der Waals surface area contributed by atoms with E-state index in [1.807, 2.05) is 54.6 Å². The van der Waals surface area contributed by atoms with Gasteiger partial charge in [0.1, 0.15) is 0 Å². The first-order chi connectivity index (χ1) is 14.2. The average molecular weight is 402 g/mol. The van der Waals surface area contributed by atoms with E-state index in [0.717, 1.165) is 11.3 Å². The highest BCUT2D eigenvalue weighted by molar-refractivity contribution is 5.96. The summed E-state index contributed by atoms with van der Waals surface area (Å²) < 4.78 is 0. The van der Waals surface area contributed by atoms with Gasteiger partial charge in [-0.25, -0.2) is 0 Å². The minimum atomic E-state index is -0.427. The molecule has 154 valence electrons. The molecule has 3 aromatic carbocycles. The largest absolute Gasteiger partial charge is 0.378 e. The number of rotatable bonds is 7. The summed E-state index contributed by atoms with van der Waals surface area (Å²) in [6.45, 7) is 6.43. The molecule has 3 rings (SSSR count). The van der Waals surface area contributed by atoms with Crippen molar-refractivity contribution >= 4 is 17.2 Å². The topological polar surface area (TPSA) is 72.2 Å². The quantitative estimate of drug-likeness (QED) is 0.285. The van der Waals surface area contributed by atoms with Gasteiger partial charge in [0.05, 0.1) is 11.0 Å². The van der Waals surface area contributed by atoms with Crippen LogP contribution in [0.5, 0.6) is 0 Å². The van der Waals surface area contributed by atoms with Crippen LogP contribution in [0, 0.1) is 10.1 Å². The summed E-state index contributed by atoms with van der Waals surface area (Å²) in [6, 6.07) is 23.5. The number of hydrogen-bond acceptors (Lipinski definition) is 4. The molecule has 1 unspecified atom stereocenters. The van der Waals surface area contributed by atoms with E-state index < -0.39 is 4.92 Å². The maximum atomic E-state index is 13.0. The van der Waals surface area contributed by atoms with Crippen LogP contribution < -0.4 is 5.32 Å². The van der Waals surface area contributed by atoms with E-state index in [4.69, 9.17) is 0 Å². The molecule has 0 fully saturated rings. The van der Waals surface area contributed by atoms with E-state index in [2.05, 4.69) is 26.1 Å². The van der Waals surface area contributed by atoms with E-state index in [9.17, 15) is 14.9 Å². The van der Waals surface area contributed by atoms with Crippen molar-refractivity contribution in [3.8, 4) is 0 Å². The maximum Gasteiger partial charge on any atom is 0.269 e. The average Bonchev–Trinajstić information content (AvgIpc) is 2.73. The summed E-state index contributed by atoms with van der Waals surface area (Å²) in [5.41, 5.74) is 3.63. The van der Waals surface area contributed by atoms with Gasteiger partial charge in [0.25, 0.3) is 5.69 Å². The normalized spacial score (nSPS) is 12.2. The number of nitro groups is 1. The van der Waals surface area contributed by atoms with E-state index >= 15 is 0 Å². The Balaban J connectivity index is 1.80. The van der Waals surface area contributed by atoms with E-state index in [1.54, 1.807) is 12.1 Å². The zero-order chi connectivity index (χ0) is 21.7. The molecule has 0 amide bonds. The first kappa shape index (κ1) is 21.2. The first-order valence-electron chi connectivity index (χ1n) is 9.94. The third kappa shape index (κ3) is 5.32.